The van der Waals surface area contributed by atoms with Crippen LogP contribution in [-0.4, -0.2) is 32.5 Å². The number of amides is 1. The zero-order valence-electron chi connectivity index (χ0n) is 17.3. The van der Waals surface area contributed by atoms with E-state index < -0.39 is 0 Å². The summed E-state index contributed by atoms with van der Waals surface area (Å²) in [5, 5.41) is 2.89. The first-order valence-electron chi connectivity index (χ1n) is 10.2. The molecule has 0 unspecified atom stereocenters. The van der Waals surface area contributed by atoms with Gasteiger partial charge in [0.25, 0.3) is 0 Å². The smallest absolute Gasteiger partial charge is 0.220 e. The molecule has 29 heavy (non-hydrogen) atoms. The predicted molar refractivity (Wildman–Crippen MR) is 113 cm³/mol. The van der Waals surface area contributed by atoms with E-state index in [4.69, 9.17) is 9.47 Å². The van der Waals surface area contributed by atoms with Crippen LogP contribution in [0, 0.1) is 0 Å². The van der Waals surface area contributed by atoms with Crippen LogP contribution in [-0.2, 0) is 24.1 Å². The summed E-state index contributed by atoms with van der Waals surface area (Å²) in [6.07, 6.45) is 5.70. The first kappa shape index (κ1) is 20.9. The molecule has 2 aromatic carbocycles. The molecule has 5 nitrogen and oxygen atoms in total. The molecule has 0 aromatic heterocycles. The molecule has 0 saturated carbocycles. The number of methoxy groups -OCH3 is 2. The van der Waals surface area contributed by atoms with Gasteiger partial charge < -0.3 is 14.8 Å². The van der Waals surface area contributed by atoms with E-state index in [1.54, 1.807) is 14.2 Å². The largest absolute Gasteiger partial charge is 0.493 e. The maximum Gasteiger partial charge on any atom is 0.220 e. The first-order valence-corrected chi connectivity index (χ1v) is 10.2. The molecule has 3 rings (SSSR count). The fraction of sp³-hybridized carbons (Fsp3) is 0.417. The number of hydrogen-bond acceptors (Lipinski definition) is 4. The summed E-state index contributed by atoms with van der Waals surface area (Å²) < 4.78 is 10.5. The Labute approximate surface area is 172 Å². The molecule has 1 aliphatic carbocycles. The Morgan fingerprint density at radius 3 is 2.41 bits per heavy atom. The molecule has 0 spiro atoms. The Morgan fingerprint density at radius 1 is 0.897 bits per heavy atom. The monoisotopic (exact) mass is 395 g/mol. The van der Waals surface area contributed by atoms with Crippen LogP contribution in [0.15, 0.2) is 36.4 Å². The molecule has 5 heteroatoms. The highest BCUT2D eigenvalue weighted by Gasteiger charge is 2.14. The van der Waals surface area contributed by atoms with Gasteiger partial charge in [-0.05, 0) is 67.0 Å². The average Bonchev–Trinajstić information content (AvgIpc) is 2.76. The second kappa shape index (κ2) is 10.1. The van der Waals surface area contributed by atoms with Crippen LogP contribution in [0.25, 0.3) is 0 Å². The summed E-state index contributed by atoms with van der Waals surface area (Å²) >= 11 is 0. The van der Waals surface area contributed by atoms with Gasteiger partial charge in [-0.25, -0.2) is 0 Å². The molecule has 0 radical (unpaired) electrons. The van der Waals surface area contributed by atoms with Crippen LogP contribution in [0.4, 0.5) is 0 Å². The number of benzene rings is 2. The van der Waals surface area contributed by atoms with Crippen LogP contribution in [0.3, 0.4) is 0 Å². The number of carbonyl (C=O) groups excluding carboxylic acids is 2. The van der Waals surface area contributed by atoms with Crippen molar-refractivity contribution in [1.82, 2.24) is 5.32 Å². The number of ketones is 1. The van der Waals surface area contributed by atoms with E-state index in [1.807, 2.05) is 30.3 Å². The third-order valence-electron chi connectivity index (χ3n) is 5.43. The number of rotatable bonds is 9. The molecule has 0 heterocycles. The Balaban J connectivity index is 1.43. The first-order chi connectivity index (χ1) is 14.1. The molecule has 1 aliphatic rings. The summed E-state index contributed by atoms with van der Waals surface area (Å²) in [7, 11) is 3.20. The number of fused-ring (bicyclic) bond motifs is 1. The van der Waals surface area contributed by atoms with Gasteiger partial charge >= 0.3 is 0 Å². The highest BCUT2D eigenvalue weighted by Crippen LogP contribution is 2.27. The lowest BCUT2D eigenvalue weighted by atomic mass is 9.89. The Kier molecular flexibility index (Phi) is 7.28. The third kappa shape index (κ3) is 5.59. The van der Waals surface area contributed by atoms with Gasteiger partial charge in [0.05, 0.1) is 14.2 Å². The molecule has 2 aromatic rings. The van der Waals surface area contributed by atoms with Crippen molar-refractivity contribution in [3.05, 3.63) is 58.7 Å². The molecule has 0 atom stereocenters. The lowest BCUT2D eigenvalue weighted by Gasteiger charge is -2.16. The molecular weight excluding hydrogens is 366 g/mol. The fourth-order valence-corrected chi connectivity index (χ4v) is 3.75. The maximum absolute atomic E-state index is 12.5. The molecule has 0 saturated heterocycles. The third-order valence-corrected chi connectivity index (χ3v) is 5.43. The van der Waals surface area contributed by atoms with E-state index in [-0.39, 0.29) is 24.5 Å². The van der Waals surface area contributed by atoms with Gasteiger partial charge in [0.15, 0.2) is 17.3 Å². The molecule has 0 aliphatic heterocycles. The minimum absolute atomic E-state index is 0.0356. The summed E-state index contributed by atoms with van der Waals surface area (Å²) in [5.41, 5.74) is 4.43. The van der Waals surface area contributed by atoms with Crippen molar-refractivity contribution in [2.75, 3.05) is 20.8 Å². The summed E-state index contributed by atoms with van der Waals surface area (Å²) in [6, 6.07) is 11.7. The van der Waals surface area contributed by atoms with Gasteiger partial charge in [-0.3, -0.25) is 9.59 Å². The van der Waals surface area contributed by atoms with Gasteiger partial charge in [-0.15, -0.1) is 0 Å². The number of ether oxygens (including phenoxy) is 2. The quantitative estimate of drug-likeness (QED) is 0.654. The van der Waals surface area contributed by atoms with Crippen molar-refractivity contribution in [2.24, 2.45) is 0 Å². The second-order valence-corrected chi connectivity index (χ2v) is 7.40. The molecule has 1 amide bonds. The van der Waals surface area contributed by atoms with E-state index in [2.05, 4.69) is 11.4 Å². The number of hydrogen-bond donors (Lipinski definition) is 1. The Bertz CT molecular complexity index is 875. The number of aryl methyl sites for hydroxylation is 2. The summed E-state index contributed by atoms with van der Waals surface area (Å²) in [6.45, 7) is 0.515. The standard InChI is InChI=1S/C24H29NO4/c1-28-22-11-7-17(15-23(22)29-2)13-14-25-24(27)12-10-21(26)20-9-8-18-5-3-4-6-19(18)16-20/h7-9,11,15-16H,3-6,10,12-14H2,1-2H3,(H,25,27). The van der Waals surface area contributed by atoms with E-state index in [0.29, 0.717) is 24.5 Å². The topological polar surface area (TPSA) is 64.6 Å². The summed E-state index contributed by atoms with van der Waals surface area (Å²) in [5.74, 6) is 1.29. The zero-order chi connectivity index (χ0) is 20.6. The lowest BCUT2D eigenvalue weighted by Crippen LogP contribution is -2.26. The van der Waals surface area contributed by atoms with Crippen molar-refractivity contribution in [2.45, 2.75) is 44.9 Å². The SMILES string of the molecule is COc1ccc(CCNC(=O)CCC(=O)c2ccc3c(c2)CCCC3)cc1OC. The highest BCUT2D eigenvalue weighted by atomic mass is 16.5. The van der Waals surface area contributed by atoms with Crippen molar-refractivity contribution in [3.63, 3.8) is 0 Å². The minimum atomic E-state index is -0.100. The van der Waals surface area contributed by atoms with Gasteiger partial charge in [-0.1, -0.05) is 18.2 Å². The second-order valence-electron chi connectivity index (χ2n) is 7.40. The average molecular weight is 395 g/mol. The van der Waals surface area contributed by atoms with Gasteiger partial charge in [0, 0.05) is 24.9 Å². The number of Topliss-reactive ketones (excluding diaryl/α,β-unsaturated/α-hetero) is 1. The molecule has 1 N–H and O–H groups in total. The highest BCUT2D eigenvalue weighted by molar-refractivity contribution is 5.98. The van der Waals surface area contributed by atoms with Gasteiger partial charge in [0.2, 0.25) is 5.91 Å². The molecule has 154 valence electrons. The van der Waals surface area contributed by atoms with Crippen molar-refractivity contribution in [1.29, 1.82) is 0 Å². The predicted octanol–water partition coefficient (Wildman–Crippen LogP) is 3.90. The number of carbonyl (C=O) groups is 2. The Morgan fingerprint density at radius 2 is 1.66 bits per heavy atom. The van der Waals surface area contributed by atoms with E-state index in [1.165, 1.54) is 24.0 Å². The fourth-order valence-electron chi connectivity index (χ4n) is 3.75. The van der Waals surface area contributed by atoms with Gasteiger partial charge in [0.1, 0.15) is 0 Å². The molecule has 0 bridgehead atoms. The van der Waals surface area contributed by atoms with Crippen LogP contribution < -0.4 is 14.8 Å². The normalized spacial score (nSPS) is 12.8. The molecular formula is C24H29NO4. The van der Waals surface area contributed by atoms with Crippen molar-refractivity contribution < 1.29 is 19.1 Å². The maximum atomic E-state index is 12.5. The lowest BCUT2D eigenvalue weighted by molar-refractivity contribution is -0.121. The van der Waals surface area contributed by atoms with Crippen LogP contribution in [0.1, 0.15) is 52.7 Å². The van der Waals surface area contributed by atoms with Crippen LogP contribution in [0.2, 0.25) is 0 Å². The van der Waals surface area contributed by atoms with Gasteiger partial charge in [-0.2, -0.15) is 0 Å². The van der Waals surface area contributed by atoms with E-state index >= 15 is 0 Å². The van der Waals surface area contributed by atoms with E-state index in [9.17, 15) is 9.59 Å². The van der Waals surface area contributed by atoms with Crippen molar-refractivity contribution in [3.8, 4) is 11.5 Å². The molecule has 0 fully saturated rings. The number of nitrogens with one attached hydrogen (secondary N) is 1. The van der Waals surface area contributed by atoms with Crippen LogP contribution >= 0.6 is 0 Å². The van der Waals surface area contributed by atoms with E-state index in [0.717, 1.165) is 24.0 Å². The van der Waals surface area contributed by atoms with Crippen molar-refractivity contribution >= 4 is 11.7 Å². The minimum Gasteiger partial charge on any atom is -0.493 e. The van der Waals surface area contributed by atoms with Crippen LogP contribution in [0.5, 0.6) is 11.5 Å². The Hall–Kier alpha value is -2.82. The zero-order valence-corrected chi connectivity index (χ0v) is 17.3. The summed E-state index contributed by atoms with van der Waals surface area (Å²) in [4.78, 5) is 24.6.